The third-order valence-electron chi connectivity index (χ3n) is 10.9. The predicted octanol–water partition coefficient (Wildman–Crippen LogP) is 9.08. The Labute approximate surface area is 419 Å². The lowest BCUT2D eigenvalue weighted by Gasteiger charge is -2.21. The molecule has 0 radical (unpaired) electrons. The Kier molecular flexibility index (Phi) is 33.7. The van der Waals surface area contributed by atoms with Crippen LogP contribution >= 0.6 is 15.6 Å². The van der Waals surface area contributed by atoms with Crippen molar-refractivity contribution in [1.82, 2.24) is 9.55 Å². The van der Waals surface area contributed by atoms with Crippen molar-refractivity contribution >= 4 is 33.4 Å². The highest BCUT2D eigenvalue weighted by atomic mass is 31.3. The summed E-state index contributed by atoms with van der Waals surface area (Å²) in [4.78, 5) is 61.8. The maximum atomic E-state index is 12.8. The van der Waals surface area contributed by atoms with Gasteiger partial charge in [0, 0.05) is 19.0 Å². The van der Waals surface area contributed by atoms with E-state index in [2.05, 4.69) is 46.6 Å². The Morgan fingerprint density at radius 2 is 1.31 bits per heavy atom. The molecule has 1 aliphatic rings. The first-order valence-corrected chi connectivity index (χ1v) is 28.0. The zero-order valence-corrected chi connectivity index (χ0v) is 43.4. The summed E-state index contributed by atoms with van der Waals surface area (Å²) in [6.45, 7) is 1.74. The monoisotopic (exact) mass is 1040 g/mol. The number of rotatable bonds is 40. The molecule has 21 heteroatoms. The summed E-state index contributed by atoms with van der Waals surface area (Å²) in [6.07, 6.45) is 35.1. The van der Waals surface area contributed by atoms with E-state index >= 15 is 0 Å². The van der Waals surface area contributed by atoms with Gasteiger partial charge in [0.25, 0.3) is 0 Å². The summed E-state index contributed by atoms with van der Waals surface area (Å²) in [5.41, 5.74) is 4.58. The molecule has 1 fully saturated rings. The molecule has 1 aromatic heterocycles. The largest absolute Gasteiger partial charge is 0.481 e. The highest BCUT2D eigenvalue weighted by molar-refractivity contribution is 7.61. The number of ether oxygens (including phenoxy) is 3. The average molecular weight is 1040 g/mol. The fourth-order valence-electron chi connectivity index (χ4n) is 6.88. The van der Waals surface area contributed by atoms with Crippen LogP contribution in [0.3, 0.4) is 0 Å². The molecule has 0 aromatic carbocycles. The van der Waals surface area contributed by atoms with Crippen molar-refractivity contribution in [3.63, 3.8) is 0 Å². The van der Waals surface area contributed by atoms with Crippen molar-refractivity contribution in [1.29, 1.82) is 0 Å². The standard InChI is InChI=1S/C50H81N3O16P2/c1-3-5-6-7-8-9-10-11-12-17-20-23-26-29-32-35-46(56)67-42(38-64-45(55)34-31-28-25-22-19-16-14-13-15-18-21-24-27-30-33-41(54)4-2)39-65-70(60,61)69-71(62,63)66-40-43-47(57)48(58)49(68-43)53-37-36-44(51)52-50(53)59/h11-12,14-16,18,22,24-25,27,30,33,36-37,41-43,47-49,54,57-58H,3-10,13,17,19-21,23,26,28-29,31-32,34-35,38-40H2,1-2H3,(H,60,61)(H,62,63)(H2,51,52,59)/b12-11-,16-14-,18-15-,25-22-,27-24-,33-30+/t41-,42+,43+,47+,48+,49+/m0/s1. The number of nitrogens with zero attached hydrogens (tertiary/aromatic N) is 2. The van der Waals surface area contributed by atoms with Gasteiger partial charge in [0.1, 0.15) is 30.7 Å². The molecular weight excluding hydrogens is 961 g/mol. The highest BCUT2D eigenvalue weighted by Gasteiger charge is 2.46. The number of aliphatic hydroxyl groups is 3. The lowest BCUT2D eigenvalue weighted by molar-refractivity contribution is -0.161. The molecule has 8 atom stereocenters. The van der Waals surface area contributed by atoms with Crippen molar-refractivity contribution in [3.8, 4) is 0 Å². The van der Waals surface area contributed by atoms with Crippen molar-refractivity contribution in [3.05, 3.63) is 95.7 Å². The SMILES string of the molecule is CCCCCCCC/C=C\CCCCCCCC(=O)O[C@H](COC(=O)CCC/C=C\C/C=C\C/C=C\C/C=C\C=C\[C@@H](O)CC)COP(=O)(O)OP(=O)(O)OC[C@H]1O[C@@H](n2ccc(N)nc2=O)[C@H](O)[C@@H]1O. The first-order chi connectivity index (χ1) is 34.1. The normalized spacial score (nSPS) is 20.2. The number of allylic oxidation sites excluding steroid dienone is 11. The number of nitrogen functional groups attached to an aromatic ring is 1. The van der Waals surface area contributed by atoms with Crippen LogP contribution in [-0.4, -0.2) is 96.9 Å². The fraction of sp³-hybridized carbons (Fsp3) is 0.640. The van der Waals surface area contributed by atoms with Crippen LogP contribution < -0.4 is 11.4 Å². The Morgan fingerprint density at radius 1 is 0.746 bits per heavy atom. The summed E-state index contributed by atoms with van der Waals surface area (Å²) in [6, 6.07) is 1.24. The van der Waals surface area contributed by atoms with Crippen molar-refractivity contribution in [2.45, 2.75) is 185 Å². The number of phosphoric acid groups is 2. The van der Waals surface area contributed by atoms with Crippen LogP contribution in [0.4, 0.5) is 5.82 Å². The second-order valence-electron chi connectivity index (χ2n) is 17.1. The quantitative estimate of drug-likeness (QED) is 0.0117. The number of nitrogens with two attached hydrogens (primary N) is 1. The van der Waals surface area contributed by atoms with Crippen LogP contribution in [0.5, 0.6) is 0 Å². The molecule has 0 spiro atoms. The van der Waals surface area contributed by atoms with Gasteiger partial charge in [-0.05, 0) is 76.7 Å². The number of carbonyl (C=O) groups is 2. The van der Waals surface area contributed by atoms with Crippen LogP contribution in [0.2, 0.25) is 0 Å². The van der Waals surface area contributed by atoms with Gasteiger partial charge in [0.15, 0.2) is 12.3 Å². The van der Waals surface area contributed by atoms with E-state index in [4.69, 9.17) is 29.0 Å². The Bertz CT molecular complexity index is 1990. The van der Waals surface area contributed by atoms with Crippen LogP contribution in [0, 0.1) is 0 Å². The molecule has 7 N–H and O–H groups in total. The van der Waals surface area contributed by atoms with E-state index in [0.717, 1.165) is 68.6 Å². The second-order valence-corrected chi connectivity index (χ2v) is 20.2. The third kappa shape index (κ3) is 30.7. The van der Waals surface area contributed by atoms with E-state index in [0.29, 0.717) is 25.7 Å². The Hall–Kier alpha value is -3.84. The Balaban J connectivity index is 1.84. The molecule has 0 amide bonds. The molecule has 0 saturated carbocycles. The summed E-state index contributed by atoms with van der Waals surface area (Å²) in [7, 11) is -10.9. The maximum Gasteiger partial charge on any atom is 0.481 e. The summed E-state index contributed by atoms with van der Waals surface area (Å²) < 4.78 is 56.7. The zero-order chi connectivity index (χ0) is 52.2. The maximum absolute atomic E-state index is 12.8. The zero-order valence-electron chi connectivity index (χ0n) is 41.6. The van der Waals surface area contributed by atoms with E-state index in [1.807, 2.05) is 43.4 Å². The molecule has 0 bridgehead atoms. The van der Waals surface area contributed by atoms with Gasteiger partial charge in [0.2, 0.25) is 0 Å². The smallest absolute Gasteiger partial charge is 0.462 e. The van der Waals surface area contributed by atoms with Gasteiger partial charge < -0.3 is 45.1 Å². The van der Waals surface area contributed by atoms with E-state index in [1.165, 1.54) is 44.6 Å². The molecule has 2 unspecified atom stereocenters. The van der Waals surface area contributed by atoms with Gasteiger partial charge in [-0.25, -0.2) is 13.9 Å². The lowest BCUT2D eigenvalue weighted by atomic mass is 10.1. The first kappa shape index (κ1) is 63.3. The summed E-state index contributed by atoms with van der Waals surface area (Å²) in [5, 5.41) is 30.4. The molecule has 1 aromatic rings. The molecule has 71 heavy (non-hydrogen) atoms. The molecule has 1 aliphatic heterocycles. The molecule has 402 valence electrons. The highest BCUT2D eigenvalue weighted by Crippen LogP contribution is 2.60. The summed E-state index contributed by atoms with van der Waals surface area (Å²) in [5.74, 6) is -1.40. The number of carbonyl (C=O) groups excluding carboxylic acids is 2. The van der Waals surface area contributed by atoms with Gasteiger partial charge in [0.05, 0.1) is 19.3 Å². The van der Waals surface area contributed by atoms with Gasteiger partial charge >= 0.3 is 33.3 Å². The molecule has 0 aliphatic carbocycles. The molecule has 2 heterocycles. The third-order valence-corrected chi connectivity index (χ3v) is 13.5. The first-order valence-electron chi connectivity index (χ1n) is 25.1. The average Bonchev–Trinajstić information content (AvgIpc) is 3.61. The second kappa shape index (κ2) is 37.8. The van der Waals surface area contributed by atoms with Crippen molar-refractivity contribution < 1.29 is 71.4 Å². The number of aliphatic hydroxyl groups excluding tert-OH is 3. The van der Waals surface area contributed by atoms with Crippen LogP contribution in [0.1, 0.15) is 155 Å². The van der Waals surface area contributed by atoms with Crippen LogP contribution in [-0.2, 0) is 46.3 Å². The van der Waals surface area contributed by atoms with E-state index < -0.39 is 89.8 Å². The lowest BCUT2D eigenvalue weighted by Crippen LogP contribution is -2.36. The van der Waals surface area contributed by atoms with Crippen molar-refractivity contribution in [2.24, 2.45) is 0 Å². The minimum Gasteiger partial charge on any atom is -0.462 e. The van der Waals surface area contributed by atoms with Crippen LogP contribution in [0.25, 0.3) is 0 Å². The van der Waals surface area contributed by atoms with E-state index in [-0.39, 0.29) is 18.7 Å². The minimum atomic E-state index is -5.44. The predicted molar refractivity (Wildman–Crippen MR) is 271 cm³/mol. The molecule has 19 nitrogen and oxygen atoms in total. The number of esters is 2. The van der Waals surface area contributed by atoms with Crippen molar-refractivity contribution in [2.75, 3.05) is 25.6 Å². The van der Waals surface area contributed by atoms with E-state index in [1.54, 1.807) is 6.08 Å². The Morgan fingerprint density at radius 3 is 1.96 bits per heavy atom. The van der Waals surface area contributed by atoms with E-state index in [9.17, 15) is 48.6 Å². The number of aromatic nitrogens is 2. The summed E-state index contributed by atoms with van der Waals surface area (Å²) >= 11 is 0. The molecule has 1 saturated heterocycles. The number of phosphoric ester groups is 2. The molecule has 2 rings (SSSR count). The number of hydrogen-bond acceptors (Lipinski definition) is 16. The van der Waals surface area contributed by atoms with Gasteiger partial charge in [-0.15, -0.1) is 0 Å². The fourth-order valence-corrected chi connectivity index (χ4v) is 8.99. The van der Waals surface area contributed by atoms with Crippen LogP contribution in [0.15, 0.2) is 90.0 Å². The number of hydrogen-bond donors (Lipinski definition) is 6. The van der Waals surface area contributed by atoms with Gasteiger partial charge in [-0.3, -0.25) is 23.2 Å². The van der Waals surface area contributed by atoms with Gasteiger partial charge in [-0.2, -0.15) is 9.29 Å². The molecular formula is C50H81N3O16P2. The van der Waals surface area contributed by atoms with Gasteiger partial charge in [-0.1, -0.05) is 138 Å². The minimum absolute atomic E-state index is 0.0177. The number of anilines is 1. The topological polar surface area (TPSA) is 286 Å². The number of unbranched alkanes of at least 4 members (excludes halogenated alkanes) is 12.